The van der Waals surface area contributed by atoms with E-state index < -0.39 is 46.5 Å². The van der Waals surface area contributed by atoms with Gasteiger partial charge in [-0.3, -0.25) is 9.59 Å². The molecule has 2 aromatic rings. The number of hydrogen-bond donors (Lipinski definition) is 2. The van der Waals surface area contributed by atoms with E-state index in [2.05, 4.69) is 21.2 Å². The van der Waals surface area contributed by atoms with Gasteiger partial charge in [-0.1, -0.05) is 17.7 Å². The summed E-state index contributed by atoms with van der Waals surface area (Å²) < 4.78 is 49.6. The molecule has 1 fully saturated rings. The van der Waals surface area contributed by atoms with Crippen LogP contribution < -0.4 is 10.6 Å². The van der Waals surface area contributed by atoms with Gasteiger partial charge in [0.25, 0.3) is 5.91 Å². The highest BCUT2D eigenvalue weighted by Crippen LogP contribution is 2.65. The lowest BCUT2D eigenvalue weighted by Crippen LogP contribution is -2.33. The van der Waals surface area contributed by atoms with Crippen LogP contribution in [0.4, 0.5) is 23.2 Å². The Hall–Kier alpha value is -1.55. The molecule has 0 aliphatic heterocycles. The Morgan fingerprint density at radius 2 is 1.81 bits per heavy atom. The average Bonchev–Trinajstić information content (AvgIpc) is 3.25. The van der Waals surface area contributed by atoms with Gasteiger partial charge < -0.3 is 10.6 Å². The maximum atomic E-state index is 13.8. The molecule has 31 heavy (non-hydrogen) atoms. The zero-order valence-corrected chi connectivity index (χ0v) is 19.0. The maximum Gasteiger partial charge on any atom is 0.405 e. The van der Waals surface area contributed by atoms with Crippen LogP contribution >= 0.6 is 50.7 Å². The van der Waals surface area contributed by atoms with E-state index in [-0.39, 0.29) is 20.7 Å². The first-order valence-electron chi connectivity index (χ1n) is 8.59. The molecule has 12 heteroatoms. The first-order chi connectivity index (χ1) is 14.3. The molecular weight excluding hydrogens is 550 g/mol. The number of alkyl halides is 5. The minimum atomic E-state index is -4.59. The Labute approximate surface area is 197 Å². The van der Waals surface area contributed by atoms with Gasteiger partial charge in [-0.15, -0.1) is 23.2 Å². The lowest BCUT2D eigenvalue weighted by molar-refractivity contribution is -0.123. The van der Waals surface area contributed by atoms with Crippen LogP contribution in [-0.2, 0) is 4.79 Å². The summed E-state index contributed by atoms with van der Waals surface area (Å²) in [7, 11) is 0. The Morgan fingerprint density at radius 3 is 2.42 bits per heavy atom. The van der Waals surface area contributed by atoms with Crippen molar-refractivity contribution in [3.63, 3.8) is 0 Å². The molecule has 2 aromatic carbocycles. The topological polar surface area (TPSA) is 58.2 Å². The van der Waals surface area contributed by atoms with Gasteiger partial charge >= 0.3 is 6.18 Å². The molecule has 4 nitrogen and oxygen atoms in total. The number of nitrogens with one attached hydrogen (secondary N) is 2. The molecular formula is C19H12BrCl3F4N2O2. The molecule has 1 aliphatic rings. The van der Waals surface area contributed by atoms with E-state index >= 15 is 0 Å². The Morgan fingerprint density at radius 1 is 1.13 bits per heavy atom. The fourth-order valence-electron chi connectivity index (χ4n) is 3.05. The van der Waals surface area contributed by atoms with E-state index in [1.165, 1.54) is 24.3 Å². The fourth-order valence-corrected chi connectivity index (χ4v) is 4.32. The van der Waals surface area contributed by atoms with Crippen molar-refractivity contribution in [2.24, 2.45) is 5.92 Å². The van der Waals surface area contributed by atoms with Crippen molar-refractivity contribution < 1.29 is 27.2 Å². The summed E-state index contributed by atoms with van der Waals surface area (Å²) in [5.41, 5.74) is 0.270. The van der Waals surface area contributed by atoms with E-state index in [1.807, 2.05) is 0 Å². The van der Waals surface area contributed by atoms with Crippen molar-refractivity contribution in [2.45, 2.75) is 16.4 Å². The quantitative estimate of drug-likeness (QED) is 0.344. The van der Waals surface area contributed by atoms with Gasteiger partial charge in [-0.05, 0) is 51.8 Å². The lowest BCUT2D eigenvalue weighted by Gasteiger charge is -2.11. The largest absolute Gasteiger partial charge is 0.405 e. The Balaban J connectivity index is 1.74. The summed E-state index contributed by atoms with van der Waals surface area (Å²) in [6.07, 6.45) is -4.59. The van der Waals surface area contributed by atoms with Crippen LogP contribution in [0.25, 0.3) is 0 Å². The normalized spacial score (nSPS) is 19.6. The van der Waals surface area contributed by atoms with Crippen LogP contribution in [0.5, 0.6) is 0 Å². The zero-order valence-electron chi connectivity index (χ0n) is 15.2. The molecule has 1 saturated carbocycles. The number of carbonyl (C=O) groups is 2. The highest BCUT2D eigenvalue weighted by Gasteiger charge is 2.67. The smallest absolute Gasteiger partial charge is 0.343 e. The van der Waals surface area contributed by atoms with Crippen molar-refractivity contribution in [1.82, 2.24) is 5.32 Å². The van der Waals surface area contributed by atoms with Crippen LogP contribution in [0.3, 0.4) is 0 Å². The number of carbonyl (C=O) groups excluding carboxylic acids is 2. The summed E-state index contributed by atoms with van der Waals surface area (Å²) in [5, 5.41) is 4.11. The Bertz CT molecular complexity index is 1050. The molecule has 1 aliphatic carbocycles. The third kappa shape index (κ3) is 5.45. The molecule has 2 atom stereocenters. The standard InChI is InChI=1S/C19H12BrCl3F4N2O2/c20-11-3-1-8(5-13(11)24)14-15(19(14,22)23)17(31)29-9-2-4-12(21)10(6-9)16(30)28-7-18(25,26)27/h1-6,14-15H,7H2,(H,28,30)(H,29,31). The second-order valence-corrected chi connectivity index (χ2v) is 9.49. The van der Waals surface area contributed by atoms with Crippen LogP contribution in [0.1, 0.15) is 21.8 Å². The fraction of sp³-hybridized carbons (Fsp3) is 0.263. The monoisotopic (exact) mass is 560 g/mol. The molecule has 2 N–H and O–H groups in total. The van der Waals surface area contributed by atoms with Gasteiger partial charge in [0.1, 0.15) is 16.7 Å². The van der Waals surface area contributed by atoms with Gasteiger partial charge in [0, 0.05) is 11.6 Å². The van der Waals surface area contributed by atoms with Crippen molar-refractivity contribution in [1.29, 1.82) is 0 Å². The summed E-state index contributed by atoms with van der Waals surface area (Å²) >= 11 is 21.4. The van der Waals surface area contributed by atoms with E-state index in [9.17, 15) is 27.2 Å². The molecule has 166 valence electrons. The maximum absolute atomic E-state index is 13.8. The van der Waals surface area contributed by atoms with E-state index in [0.717, 1.165) is 6.07 Å². The third-order valence-corrected chi connectivity index (χ3v) is 6.48. The molecule has 2 unspecified atom stereocenters. The van der Waals surface area contributed by atoms with Gasteiger partial charge in [0.2, 0.25) is 5.91 Å². The molecule has 0 saturated heterocycles. The van der Waals surface area contributed by atoms with Crippen molar-refractivity contribution >= 4 is 68.2 Å². The van der Waals surface area contributed by atoms with Crippen molar-refractivity contribution in [2.75, 3.05) is 11.9 Å². The van der Waals surface area contributed by atoms with Gasteiger partial charge in [-0.25, -0.2) is 4.39 Å². The minimum Gasteiger partial charge on any atom is -0.343 e. The number of benzene rings is 2. The lowest BCUT2D eigenvalue weighted by atomic mass is 10.1. The SMILES string of the molecule is O=C(NCC(F)(F)F)c1cc(NC(=O)C2C(c3ccc(Br)c(F)c3)C2(Cl)Cl)ccc1Cl. The number of amides is 2. The minimum absolute atomic E-state index is 0.100. The van der Waals surface area contributed by atoms with Crippen LogP contribution in [0, 0.1) is 11.7 Å². The van der Waals surface area contributed by atoms with Crippen molar-refractivity contribution in [3.05, 3.63) is 62.8 Å². The third-order valence-electron chi connectivity index (χ3n) is 4.57. The molecule has 0 heterocycles. The molecule has 0 radical (unpaired) electrons. The second-order valence-electron chi connectivity index (χ2n) is 6.79. The van der Waals surface area contributed by atoms with Crippen molar-refractivity contribution in [3.8, 4) is 0 Å². The summed E-state index contributed by atoms with van der Waals surface area (Å²) in [5.74, 6) is -3.81. The van der Waals surface area contributed by atoms with Crippen LogP contribution in [0.15, 0.2) is 40.9 Å². The van der Waals surface area contributed by atoms with Gasteiger partial charge in [0.05, 0.1) is 21.0 Å². The number of hydrogen-bond acceptors (Lipinski definition) is 2. The predicted molar refractivity (Wildman–Crippen MR) is 113 cm³/mol. The Kier molecular flexibility index (Phi) is 6.82. The number of anilines is 1. The molecule has 0 spiro atoms. The summed E-state index contributed by atoms with van der Waals surface area (Å²) in [4.78, 5) is 24.7. The average molecular weight is 563 g/mol. The first-order valence-corrected chi connectivity index (χ1v) is 10.5. The predicted octanol–water partition coefficient (Wildman–Crippen LogP) is 6.06. The van der Waals surface area contributed by atoms with Crippen LogP contribution in [0.2, 0.25) is 5.02 Å². The summed E-state index contributed by atoms with van der Waals surface area (Å²) in [6, 6.07) is 8.01. The van der Waals surface area contributed by atoms with E-state index in [4.69, 9.17) is 34.8 Å². The molecule has 2 amide bonds. The molecule has 0 bridgehead atoms. The number of halogens is 8. The first kappa shape index (κ1) is 24.1. The molecule has 0 aromatic heterocycles. The second kappa shape index (κ2) is 8.77. The zero-order chi connectivity index (χ0) is 23.1. The highest BCUT2D eigenvalue weighted by atomic mass is 79.9. The van der Waals surface area contributed by atoms with E-state index in [0.29, 0.717) is 5.56 Å². The van der Waals surface area contributed by atoms with Gasteiger partial charge in [0.15, 0.2) is 0 Å². The van der Waals surface area contributed by atoms with Gasteiger partial charge in [-0.2, -0.15) is 13.2 Å². The summed E-state index contributed by atoms with van der Waals surface area (Å²) in [6.45, 7) is -1.53. The molecule has 3 rings (SSSR count). The van der Waals surface area contributed by atoms with Crippen LogP contribution in [-0.4, -0.2) is 28.9 Å². The van der Waals surface area contributed by atoms with E-state index in [1.54, 1.807) is 11.4 Å². The number of rotatable bonds is 5. The highest BCUT2D eigenvalue weighted by molar-refractivity contribution is 9.10.